The van der Waals surface area contributed by atoms with E-state index in [1.54, 1.807) is 0 Å². The van der Waals surface area contributed by atoms with Crippen LogP contribution in [0.2, 0.25) is 0 Å². The average Bonchev–Trinajstić information content (AvgIpc) is 2.55. The summed E-state index contributed by atoms with van der Waals surface area (Å²) in [4.78, 5) is 24.1. The number of anilines is 1. The van der Waals surface area contributed by atoms with Gasteiger partial charge in [0.1, 0.15) is 0 Å². The van der Waals surface area contributed by atoms with Crippen LogP contribution in [0.15, 0.2) is 24.3 Å². The number of rotatable bonds is 3. The molecule has 1 aliphatic rings. The van der Waals surface area contributed by atoms with Crippen molar-refractivity contribution in [2.24, 2.45) is 0 Å². The lowest BCUT2D eigenvalue weighted by Gasteiger charge is -2.18. The second-order valence-electron chi connectivity index (χ2n) is 5.63. The highest BCUT2D eigenvalue weighted by molar-refractivity contribution is 5.92. The standard InChI is InChI=1S/C13H14N2.C4H6O5/c14-13-9-5-1-3-7-11(9)15-12-8-4-2-6-10(12)13;5-2(4(8)9)1-3(6)7/h1,3,5,7H,2,4,6,8H2,(H2,14,15);2,5H,1H2,(H,6,7)(H,8,9). The number of aryl methyl sites for hydroxylation is 1. The van der Waals surface area contributed by atoms with Gasteiger partial charge in [0.05, 0.1) is 11.9 Å². The van der Waals surface area contributed by atoms with Crippen molar-refractivity contribution in [3.8, 4) is 0 Å². The van der Waals surface area contributed by atoms with Gasteiger partial charge in [-0.1, -0.05) is 18.2 Å². The molecule has 0 spiro atoms. The monoisotopic (exact) mass is 332 g/mol. The Morgan fingerprint density at radius 2 is 1.83 bits per heavy atom. The first-order valence-corrected chi connectivity index (χ1v) is 7.68. The van der Waals surface area contributed by atoms with Crippen LogP contribution in [0.4, 0.5) is 5.69 Å². The van der Waals surface area contributed by atoms with E-state index in [0.29, 0.717) is 0 Å². The molecular formula is C17H20N2O5. The predicted molar refractivity (Wildman–Crippen MR) is 88.7 cm³/mol. The van der Waals surface area contributed by atoms with Crippen LogP contribution in [-0.4, -0.2) is 38.3 Å². The van der Waals surface area contributed by atoms with Crippen molar-refractivity contribution in [1.29, 1.82) is 0 Å². The number of carboxylic acids is 2. The summed E-state index contributed by atoms with van der Waals surface area (Å²) in [6.45, 7) is 0. The van der Waals surface area contributed by atoms with Crippen molar-refractivity contribution in [2.45, 2.75) is 38.2 Å². The highest BCUT2D eigenvalue weighted by Crippen LogP contribution is 2.30. The van der Waals surface area contributed by atoms with Crippen LogP contribution in [0.25, 0.3) is 10.9 Å². The Hall–Kier alpha value is -2.67. The van der Waals surface area contributed by atoms with Gasteiger partial charge in [0.15, 0.2) is 6.10 Å². The van der Waals surface area contributed by atoms with Gasteiger partial charge < -0.3 is 21.1 Å². The van der Waals surface area contributed by atoms with Gasteiger partial charge in [-0.25, -0.2) is 4.79 Å². The smallest absolute Gasteiger partial charge is 0.333 e. The SMILES string of the molecule is Nc1c2c(nc3ccccc13)CCCC2.O=C(O)CC(O)C(=O)O. The Kier molecular flexibility index (Phi) is 5.70. The summed E-state index contributed by atoms with van der Waals surface area (Å²) in [6, 6.07) is 8.15. The molecule has 24 heavy (non-hydrogen) atoms. The van der Waals surface area contributed by atoms with Gasteiger partial charge >= 0.3 is 11.9 Å². The number of carboxylic acid groups (broad SMARTS) is 2. The zero-order valence-electron chi connectivity index (χ0n) is 13.1. The fourth-order valence-electron chi connectivity index (χ4n) is 2.66. The lowest BCUT2D eigenvalue weighted by Crippen LogP contribution is -2.22. The Labute approximate surface area is 138 Å². The van der Waals surface area contributed by atoms with Crippen molar-refractivity contribution in [1.82, 2.24) is 4.98 Å². The van der Waals surface area contributed by atoms with Gasteiger partial charge in [-0.15, -0.1) is 0 Å². The summed E-state index contributed by atoms with van der Waals surface area (Å²) in [5.74, 6) is -2.85. The van der Waals surface area contributed by atoms with Crippen LogP contribution in [0, 0.1) is 0 Å². The van der Waals surface area contributed by atoms with Crippen LogP contribution in [0.5, 0.6) is 0 Å². The van der Waals surface area contributed by atoms with Gasteiger partial charge in [0, 0.05) is 16.8 Å². The quantitative estimate of drug-likeness (QED) is 0.670. The van der Waals surface area contributed by atoms with E-state index in [-0.39, 0.29) is 0 Å². The van der Waals surface area contributed by atoms with Gasteiger partial charge in [0.25, 0.3) is 0 Å². The number of hydrogen-bond acceptors (Lipinski definition) is 5. The highest BCUT2D eigenvalue weighted by atomic mass is 16.4. The minimum absolute atomic E-state index is 0.755. The first-order valence-electron chi connectivity index (χ1n) is 7.68. The minimum atomic E-state index is -1.79. The van der Waals surface area contributed by atoms with Crippen molar-refractivity contribution in [3.05, 3.63) is 35.5 Å². The molecule has 7 heteroatoms. The number of aliphatic hydroxyl groups excluding tert-OH is 1. The molecule has 1 heterocycles. The molecule has 0 bridgehead atoms. The Bertz CT molecular complexity index is 760. The molecule has 5 N–H and O–H groups in total. The fraction of sp³-hybridized carbons (Fsp3) is 0.353. The number of aliphatic carboxylic acids is 2. The summed E-state index contributed by atoms with van der Waals surface area (Å²) in [5, 5.41) is 25.3. The zero-order valence-corrected chi connectivity index (χ0v) is 13.1. The van der Waals surface area contributed by atoms with Gasteiger partial charge in [0.2, 0.25) is 0 Å². The molecule has 0 saturated heterocycles. The molecule has 1 unspecified atom stereocenters. The average molecular weight is 332 g/mol. The number of hydrogen-bond donors (Lipinski definition) is 4. The van der Waals surface area contributed by atoms with Crippen LogP contribution in [0.3, 0.4) is 0 Å². The van der Waals surface area contributed by atoms with E-state index in [1.165, 1.54) is 24.1 Å². The van der Waals surface area contributed by atoms with E-state index in [0.717, 1.165) is 29.4 Å². The van der Waals surface area contributed by atoms with Gasteiger partial charge in [-0.2, -0.15) is 0 Å². The third-order valence-electron chi connectivity index (χ3n) is 3.87. The Balaban J connectivity index is 0.000000202. The van der Waals surface area contributed by atoms with Crippen molar-refractivity contribution in [3.63, 3.8) is 0 Å². The minimum Gasteiger partial charge on any atom is -0.481 e. The number of pyridine rings is 1. The molecule has 1 atom stereocenters. The van der Waals surface area contributed by atoms with E-state index >= 15 is 0 Å². The van der Waals surface area contributed by atoms with Crippen LogP contribution >= 0.6 is 0 Å². The van der Waals surface area contributed by atoms with Crippen LogP contribution < -0.4 is 5.73 Å². The molecule has 1 aromatic heterocycles. The van der Waals surface area contributed by atoms with Crippen molar-refractivity contribution >= 4 is 28.5 Å². The lowest BCUT2D eigenvalue weighted by molar-refractivity contribution is -0.152. The topological polar surface area (TPSA) is 134 Å². The third kappa shape index (κ3) is 4.20. The second kappa shape index (κ2) is 7.74. The van der Waals surface area contributed by atoms with E-state index in [4.69, 9.17) is 26.0 Å². The number of benzene rings is 1. The van der Waals surface area contributed by atoms with E-state index < -0.39 is 24.5 Å². The number of nitrogen functional groups attached to an aromatic ring is 1. The number of carbonyl (C=O) groups is 2. The molecule has 2 aromatic rings. The predicted octanol–water partition coefficient (Wildman–Crippen LogP) is 1.60. The van der Waals surface area contributed by atoms with Crippen molar-refractivity contribution in [2.75, 3.05) is 5.73 Å². The maximum absolute atomic E-state index is 9.72. The number of nitrogens with zero attached hydrogens (tertiary/aromatic N) is 1. The summed E-state index contributed by atoms with van der Waals surface area (Å²) in [6.07, 6.45) is 2.13. The van der Waals surface area contributed by atoms with E-state index in [1.807, 2.05) is 18.2 Å². The largest absolute Gasteiger partial charge is 0.481 e. The van der Waals surface area contributed by atoms with Crippen molar-refractivity contribution < 1.29 is 24.9 Å². The number of aliphatic hydroxyl groups is 1. The molecule has 1 aliphatic carbocycles. The first kappa shape index (κ1) is 17.7. The molecule has 7 nitrogen and oxygen atoms in total. The van der Waals surface area contributed by atoms with Gasteiger partial charge in [-0.05, 0) is 37.3 Å². The Morgan fingerprint density at radius 1 is 1.17 bits per heavy atom. The summed E-state index contributed by atoms with van der Waals surface area (Å²) < 4.78 is 0. The molecule has 0 fully saturated rings. The zero-order chi connectivity index (χ0) is 17.7. The number of nitrogens with two attached hydrogens (primary N) is 1. The normalized spacial score (nSPS) is 14.2. The summed E-state index contributed by atoms with van der Waals surface area (Å²) >= 11 is 0. The molecule has 128 valence electrons. The first-order chi connectivity index (χ1) is 11.4. The molecule has 0 amide bonds. The lowest BCUT2D eigenvalue weighted by atomic mass is 9.93. The second-order valence-corrected chi connectivity index (χ2v) is 5.63. The van der Waals surface area contributed by atoms with Gasteiger partial charge in [-0.3, -0.25) is 9.78 Å². The molecule has 1 aromatic carbocycles. The maximum atomic E-state index is 9.72. The number of fused-ring (bicyclic) bond motifs is 2. The summed E-state index contributed by atoms with van der Waals surface area (Å²) in [7, 11) is 0. The highest BCUT2D eigenvalue weighted by Gasteiger charge is 2.16. The molecule has 0 aliphatic heterocycles. The Morgan fingerprint density at radius 3 is 2.46 bits per heavy atom. The van der Waals surface area contributed by atoms with E-state index in [2.05, 4.69) is 6.07 Å². The maximum Gasteiger partial charge on any atom is 0.333 e. The fourth-order valence-corrected chi connectivity index (χ4v) is 2.66. The molecule has 0 radical (unpaired) electrons. The van der Waals surface area contributed by atoms with Crippen LogP contribution in [-0.2, 0) is 22.4 Å². The molecule has 0 saturated carbocycles. The third-order valence-corrected chi connectivity index (χ3v) is 3.87. The number of aromatic nitrogens is 1. The van der Waals surface area contributed by atoms with Crippen LogP contribution in [0.1, 0.15) is 30.5 Å². The number of para-hydroxylation sites is 1. The molecular weight excluding hydrogens is 312 g/mol. The van der Waals surface area contributed by atoms with E-state index in [9.17, 15) is 9.59 Å². The molecule has 3 rings (SSSR count). The summed E-state index contributed by atoms with van der Waals surface area (Å²) in [5.41, 5.74) is 10.7.